The van der Waals surface area contributed by atoms with Gasteiger partial charge in [-0.15, -0.1) is 0 Å². The minimum Gasteiger partial charge on any atom is -0.479 e. The molecule has 1 heterocycles. The maximum Gasteiger partial charge on any atom is 0.268 e. The summed E-state index contributed by atoms with van der Waals surface area (Å²) in [5.41, 5.74) is 2.66. The number of carbonyl (C=O) groups is 2. The van der Waals surface area contributed by atoms with Gasteiger partial charge in [0, 0.05) is 28.4 Å². The Morgan fingerprint density at radius 3 is 2.72 bits per heavy atom. The molecule has 1 atom stereocenters. The molecule has 150 valence electrons. The highest BCUT2D eigenvalue weighted by Crippen LogP contribution is 2.36. The zero-order valence-electron chi connectivity index (χ0n) is 16.0. The predicted molar refractivity (Wildman–Crippen MR) is 118 cm³/mol. The number of anilines is 2. The van der Waals surface area contributed by atoms with E-state index in [0.717, 1.165) is 5.57 Å². The van der Waals surface area contributed by atoms with Gasteiger partial charge in [-0.05, 0) is 55.8 Å². The molecule has 1 N–H and O–H groups in total. The Balaban J connectivity index is 1.79. The molecule has 2 aromatic rings. The van der Waals surface area contributed by atoms with Crippen molar-refractivity contribution in [3.05, 3.63) is 70.2 Å². The largest absolute Gasteiger partial charge is 0.479 e. The van der Waals surface area contributed by atoms with Crippen LogP contribution in [0.4, 0.5) is 11.4 Å². The normalized spacial score (nSPS) is 15.8. The average molecular weight is 431 g/mol. The molecule has 2 amide bonds. The number of nitrogens with zero attached hydrogens (tertiary/aromatic N) is 1. The lowest BCUT2D eigenvalue weighted by atomic mass is 10.1. The van der Waals surface area contributed by atoms with E-state index in [1.165, 1.54) is 6.08 Å². The third kappa shape index (κ3) is 5.00. The summed E-state index contributed by atoms with van der Waals surface area (Å²) in [6.45, 7) is 7.83. The van der Waals surface area contributed by atoms with Crippen molar-refractivity contribution >= 4 is 52.5 Å². The Hall–Kier alpha value is -2.76. The van der Waals surface area contributed by atoms with Crippen LogP contribution in [0.1, 0.15) is 19.4 Å². The molecule has 0 radical (unpaired) electrons. The highest BCUT2D eigenvalue weighted by molar-refractivity contribution is 6.35. The summed E-state index contributed by atoms with van der Waals surface area (Å²) in [5.74, 6) is 0.0972. The zero-order valence-corrected chi connectivity index (χ0v) is 17.6. The van der Waals surface area contributed by atoms with Gasteiger partial charge in [0.2, 0.25) is 5.91 Å². The molecule has 0 saturated carbocycles. The first kappa shape index (κ1) is 21.0. The van der Waals surface area contributed by atoms with E-state index in [4.69, 9.17) is 27.9 Å². The van der Waals surface area contributed by atoms with Crippen molar-refractivity contribution < 1.29 is 14.3 Å². The topological polar surface area (TPSA) is 58.6 Å². The molecule has 0 saturated heterocycles. The molecule has 7 heteroatoms. The van der Waals surface area contributed by atoms with Crippen LogP contribution in [0.5, 0.6) is 5.75 Å². The van der Waals surface area contributed by atoms with Gasteiger partial charge in [-0.1, -0.05) is 41.4 Å². The number of amides is 2. The van der Waals surface area contributed by atoms with Crippen molar-refractivity contribution in [1.82, 2.24) is 0 Å². The molecule has 3 rings (SSSR count). The maximum absolute atomic E-state index is 12.5. The van der Waals surface area contributed by atoms with Gasteiger partial charge in [-0.2, -0.15) is 0 Å². The summed E-state index contributed by atoms with van der Waals surface area (Å²) in [6.07, 6.45) is 2.41. The van der Waals surface area contributed by atoms with Crippen LogP contribution in [0.15, 0.2) is 54.6 Å². The standard InChI is InChI=1S/C22H20Cl2N2O3/c1-13(2)12-26-19-11-17(7-8-20(19)29-14(3)22(26)28)25-21(27)9-5-15-4-6-16(23)10-18(15)24/h4-11,14H,1,12H2,2-3H3,(H,25,27)/b9-5+. The SMILES string of the molecule is C=C(C)CN1C(=O)C(C)Oc2ccc(NC(=O)/C=C/c3ccc(Cl)cc3Cl)cc21. The number of fused-ring (bicyclic) bond motifs is 1. The molecule has 29 heavy (non-hydrogen) atoms. The van der Waals surface area contributed by atoms with Gasteiger partial charge >= 0.3 is 0 Å². The summed E-state index contributed by atoms with van der Waals surface area (Å²) in [4.78, 5) is 26.4. The Kier molecular flexibility index (Phi) is 6.30. The van der Waals surface area contributed by atoms with Crippen LogP contribution in [-0.2, 0) is 9.59 Å². The summed E-state index contributed by atoms with van der Waals surface area (Å²) in [7, 11) is 0. The number of hydrogen-bond donors (Lipinski definition) is 1. The first-order valence-electron chi connectivity index (χ1n) is 8.95. The van der Waals surface area contributed by atoms with Crippen molar-refractivity contribution in [3.8, 4) is 5.75 Å². The molecular formula is C22H20Cl2N2O3. The Morgan fingerprint density at radius 2 is 2.03 bits per heavy atom. The van der Waals surface area contributed by atoms with Crippen LogP contribution in [0, 0.1) is 0 Å². The molecular weight excluding hydrogens is 411 g/mol. The van der Waals surface area contributed by atoms with Crippen molar-refractivity contribution in [2.45, 2.75) is 20.0 Å². The number of ether oxygens (including phenoxy) is 1. The Labute approximate surface area is 179 Å². The first-order valence-corrected chi connectivity index (χ1v) is 9.71. The van der Waals surface area contributed by atoms with Gasteiger partial charge < -0.3 is 15.0 Å². The summed E-state index contributed by atoms with van der Waals surface area (Å²) < 4.78 is 5.67. The van der Waals surface area contributed by atoms with E-state index >= 15 is 0 Å². The zero-order chi connectivity index (χ0) is 21.1. The van der Waals surface area contributed by atoms with E-state index in [0.29, 0.717) is 39.3 Å². The van der Waals surface area contributed by atoms with Gasteiger partial charge in [0.05, 0.1) is 5.69 Å². The number of benzene rings is 2. The van der Waals surface area contributed by atoms with Gasteiger partial charge in [0.25, 0.3) is 5.91 Å². The highest BCUT2D eigenvalue weighted by atomic mass is 35.5. The molecule has 0 spiro atoms. The lowest BCUT2D eigenvalue weighted by molar-refractivity contribution is -0.125. The molecule has 0 fully saturated rings. The van der Waals surface area contributed by atoms with E-state index < -0.39 is 6.10 Å². The fraction of sp³-hybridized carbons (Fsp3) is 0.182. The van der Waals surface area contributed by atoms with Crippen molar-refractivity contribution in [2.75, 3.05) is 16.8 Å². The second-order valence-electron chi connectivity index (χ2n) is 6.81. The second kappa shape index (κ2) is 8.72. The molecule has 1 aliphatic rings. The third-order valence-electron chi connectivity index (χ3n) is 4.24. The Bertz CT molecular complexity index is 1020. The van der Waals surface area contributed by atoms with Crippen LogP contribution in [0.2, 0.25) is 10.0 Å². The van der Waals surface area contributed by atoms with E-state index in [1.54, 1.807) is 54.3 Å². The molecule has 0 aromatic heterocycles. The van der Waals surface area contributed by atoms with Crippen LogP contribution in [-0.4, -0.2) is 24.5 Å². The van der Waals surface area contributed by atoms with Crippen LogP contribution in [0.3, 0.4) is 0 Å². The highest BCUT2D eigenvalue weighted by Gasteiger charge is 2.31. The fourth-order valence-corrected chi connectivity index (χ4v) is 3.38. The summed E-state index contributed by atoms with van der Waals surface area (Å²) >= 11 is 12.0. The second-order valence-corrected chi connectivity index (χ2v) is 7.66. The van der Waals surface area contributed by atoms with Crippen LogP contribution < -0.4 is 15.0 Å². The van der Waals surface area contributed by atoms with E-state index in [2.05, 4.69) is 11.9 Å². The molecule has 5 nitrogen and oxygen atoms in total. The smallest absolute Gasteiger partial charge is 0.268 e. The number of hydrogen-bond acceptors (Lipinski definition) is 3. The van der Waals surface area contributed by atoms with Crippen molar-refractivity contribution in [3.63, 3.8) is 0 Å². The quantitative estimate of drug-likeness (QED) is 0.514. The minimum absolute atomic E-state index is 0.152. The monoisotopic (exact) mass is 430 g/mol. The van der Waals surface area contributed by atoms with Crippen molar-refractivity contribution in [2.24, 2.45) is 0 Å². The van der Waals surface area contributed by atoms with E-state index in [9.17, 15) is 9.59 Å². The maximum atomic E-state index is 12.5. The molecule has 2 aromatic carbocycles. The van der Waals surface area contributed by atoms with Gasteiger partial charge in [0.1, 0.15) is 5.75 Å². The van der Waals surface area contributed by atoms with Gasteiger partial charge in [-0.25, -0.2) is 0 Å². The molecule has 0 aliphatic carbocycles. The molecule has 0 bridgehead atoms. The summed E-state index contributed by atoms with van der Waals surface area (Å²) in [6, 6.07) is 10.2. The van der Waals surface area contributed by atoms with Crippen LogP contribution >= 0.6 is 23.2 Å². The van der Waals surface area contributed by atoms with Crippen LogP contribution in [0.25, 0.3) is 6.08 Å². The lowest BCUT2D eigenvalue weighted by Crippen LogP contribution is -2.45. The Morgan fingerprint density at radius 1 is 1.28 bits per heavy atom. The number of rotatable bonds is 5. The van der Waals surface area contributed by atoms with Gasteiger partial charge in [0.15, 0.2) is 6.10 Å². The predicted octanol–water partition coefficient (Wildman–Crippen LogP) is 5.34. The number of carbonyl (C=O) groups excluding carboxylic acids is 2. The van der Waals surface area contributed by atoms with Crippen molar-refractivity contribution in [1.29, 1.82) is 0 Å². The minimum atomic E-state index is -0.575. The number of nitrogens with one attached hydrogen (secondary N) is 1. The van der Waals surface area contributed by atoms with E-state index in [-0.39, 0.29) is 11.8 Å². The van der Waals surface area contributed by atoms with Gasteiger partial charge in [-0.3, -0.25) is 9.59 Å². The van der Waals surface area contributed by atoms with E-state index in [1.807, 2.05) is 6.92 Å². The molecule has 1 unspecified atom stereocenters. The average Bonchev–Trinajstić information content (AvgIpc) is 2.65. The summed E-state index contributed by atoms with van der Waals surface area (Å²) in [5, 5.41) is 3.76. The molecule has 1 aliphatic heterocycles. The fourth-order valence-electron chi connectivity index (χ4n) is 2.90. The first-order chi connectivity index (χ1) is 13.7. The third-order valence-corrected chi connectivity index (χ3v) is 4.80. The lowest BCUT2D eigenvalue weighted by Gasteiger charge is -2.33. The number of halogens is 2.